The summed E-state index contributed by atoms with van der Waals surface area (Å²) in [5, 5.41) is 0. The van der Waals surface area contributed by atoms with E-state index in [1.807, 2.05) is 0 Å². The van der Waals surface area contributed by atoms with Crippen LogP contribution < -0.4 is 11.5 Å². The minimum absolute atomic E-state index is 0.698. The number of nitrogens with two attached hydrogens (primary N) is 2. The van der Waals surface area contributed by atoms with Crippen LogP contribution in [0.25, 0.3) is 11.1 Å². The molecule has 2 aromatic carbocycles. The zero-order valence-electron chi connectivity index (χ0n) is 11.2. The maximum atomic E-state index is 5.79. The topological polar surface area (TPSA) is 52.0 Å². The molecule has 2 aromatic rings. The second kappa shape index (κ2) is 5.16. The van der Waals surface area contributed by atoms with Gasteiger partial charge in [0, 0.05) is 0 Å². The first-order valence-electron chi connectivity index (χ1n) is 6.97. The van der Waals surface area contributed by atoms with Crippen molar-refractivity contribution in [3.8, 4) is 11.1 Å². The predicted molar refractivity (Wildman–Crippen MR) is 80.2 cm³/mol. The maximum absolute atomic E-state index is 5.79. The summed E-state index contributed by atoms with van der Waals surface area (Å²) in [6.45, 7) is 1.40. The summed E-state index contributed by atoms with van der Waals surface area (Å²) >= 11 is 0. The van der Waals surface area contributed by atoms with Crippen molar-refractivity contribution in [2.45, 2.75) is 19.3 Å². The molecule has 3 rings (SSSR count). The molecule has 0 aliphatic heterocycles. The lowest BCUT2D eigenvalue weighted by atomic mass is 9.92. The molecule has 0 radical (unpaired) electrons. The van der Waals surface area contributed by atoms with E-state index < -0.39 is 0 Å². The monoisotopic (exact) mass is 252 g/mol. The molecule has 0 spiro atoms. The van der Waals surface area contributed by atoms with E-state index in [9.17, 15) is 0 Å². The Kier molecular flexibility index (Phi) is 3.36. The van der Waals surface area contributed by atoms with Gasteiger partial charge >= 0.3 is 0 Å². The van der Waals surface area contributed by atoms with Crippen molar-refractivity contribution < 1.29 is 0 Å². The van der Waals surface area contributed by atoms with Gasteiger partial charge in [-0.25, -0.2) is 0 Å². The van der Waals surface area contributed by atoms with Gasteiger partial charge in [-0.15, -0.1) is 0 Å². The van der Waals surface area contributed by atoms with Gasteiger partial charge in [-0.3, -0.25) is 0 Å². The van der Waals surface area contributed by atoms with Crippen LogP contribution in [0.2, 0.25) is 0 Å². The van der Waals surface area contributed by atoms with Crippen molar-refractivity contribution in [2.24, 2.45) is 11.5 Å². The summed E-state index contributed by atoms with van der Waals surface area (Å²) in [6, 6.07) is 13.2. The Hall–Kier alpha value is -1.64. The lowest BCUT2D eigenvalue weighted by molar-refractivity contribution is 0.893. The van der Waals surface area contributed by atoms with Crippen LogP contribution in [0.3, 0.4) is 0 Å². The highest BCUT2D eigenvalue weighted by molar-refractivity contribution is 5.78. The first-order valence-corrected chi connectivity index (χ1v) is 6.97. The molecular weight excluding hydrogens is 232 g/mol. The highest BCUT2D eigenvalue weighted by Crippen LogP contribution is 2.39. The van der Waals surface area contributed by atoms with Crippen LogP contribution in [-0.2, 0) is 19.3 Å². The molecule has 0 bridgehead atoms. The summed E-state index contributed by atoms with van der Waals surface area (Å²) < 4.78 is 0. The standard InChI is InChI=1S/C17H20N2/c18-9-7-12-5-6-16-14-4-2-1-3-13(14)11-17(16)15(12)8-10-19/h1-6H,7-11,18-19H2. The first-order chi connectivity index (χ1) is 9.35. The van der Waals surface area contributed by atoms with Gasteiger partial charge in [0.1, 0.15) is 0 Å². The minimum Gasteiger partial charge on any atom is -0.330 e. The molecule has 0 amide bonds. The van der Waals surface area contributed by atoms with Crippen molar-refractivity contribution in [3.05, 3.63) is 58.7 Å². The van der Waals surface area contributed by atoms with Crippen LogP contribution in [-0.4, -0.2) is 13.1 Å². The Morgan fingerprint density at radius 2 is 1.63 bits per heavy atom. The molecule has 0 atom stereocenters. The van der Waals surface area contributed by atoms with E-state index in [1.165, 1.54) is 33.4 Å². The van der Waals surface area contributed by atoms with E-state index >= 15 is 0 Å². The lowest BCUT2D eigenvalue weighted by Crippen LogP contribution is -2.11. The second-order valence-electron chi connectivity index (χ2n) is 5.14. The van der Waals surface area contributed by atoms with Gasteiger partial charge < -0.3 is 11.5 Å². The Morgan fingerprint density at radius 1 is 0.842 bits per heavy atom. The third-order valence-corrected chi connectivity index (χ3v) is 4.01. The highest BCUT2D eigenvalue weighted by atomic mass is 14.5. The molecule has 1 aliphatic rings. The largest absolute Gasteiger partial charge is 0.330 e. The van der Waals surface area contributed by atoms with Crippen LogP contribution in [0.15, 0.2) is 36.4 Å². The summed E-state index contributed by atoms with van der Waals surface area (Å²) in [4.78, 5) is 0. The highest BCUT2D eigenvalue weighted by Gasteiger charge is 2.21. The molecule has 1 aliphatic carbocycles. The summed E-state index contributed by atoms with van der Waals surface area (Å²) in [6.07, 6.45) is 2.94. The van der Waals surface area contributed by atoms with E-state index in [1.54, 1.807) is 0 Å². The van der Waals surface area contributed by atoms with E-state index in [0.717, 1.165) is 19.3 Å². The minimum atomic E-state index is 0.698. The van der Waals surface area contributed by atoms with Crippen molar-refractivity contribution in [2.75, 3.05) is 13.1 Å². The fraction of sp³-hybridized carbons (Fsp3) is 0.294. The maximum Gasteiger partial charge on any atom is -0.00106 e. The molecule has 0 fully saturated rings. The van der Waals surface area contributed by atoms with Gasteiger partial charge in [0.2, 0.25) is 0 Å². The molecule has 2 heteroatoms. The molecule has 4 N–H and O–H groups in total. The molecule has 0 aromatic heterocycles. The number of hydrogen-bond donors (Lipinski definition) is 2. The molecular formula is C17H20N2. The van der Waals surface area contributed by atoms with E-state index in [4.69, 9.17) is 11.5 Å². The van der Waals surface area contributed by atoms with Crippen LogP contribution in [0, 0.1) is 0 Å². The Bertz CT molecular complexity index is 602. The molecule has 0 unspecified atom stereocenters. The van der Waals surface area contributed by atoms with Gasteiger partial charge in [-0.1, -0.05) is 36.4 Å². The number of benzene rings is 2. The zero-order valence-corrected chi connectivity index (χ0v) is 11.2. The molecule has 2 nitrogen and oxygen atoms in total. The Balaban J connectivity index is 2.13. The van der Waals surface area contributed by atoms with Crippen LogP contribution >= 0.6 is 0 Å². The van der Waals surface area contributed by atoms with Crippen LogP contribution in [0.4, 0.5) is 0 Å². The van der Waals surface area contributed by atoms with Gasteiger partial charge in [0.05, 0.1) is 0 Å². The SMILES string of the molecule is NCCc1ccc2c(c1CCN)Cc1ccccc1-2. The molecule has 0 saturated carbocycles. The van der Waals surface area contributed by atoms with Gasteiger partial charge in [0.25, 0.3) is 0 Å². The number of hydrogen-bond acceptors (Lipinski definition) is 2. The smallest absolute Gasteiger partial charge is 0.00106 e. The van der Waals surface area contributed by atoms with Gasteiger partial charge in [-0.05, 0) is 65.7 Å². The Morgan fingerprint density at radius 3 is 2.42 bits per heavy atom. The van der Waals surface area contributed by atoms with Crippen molar-refractivity contribution in [3.63, 3.8) is 0 Å². The second-order valence-corrected chi connectivity index (χ2v) is 5.14. The lowest BCUT2D eigenvalue weighted by Gasteiger charge is -2.13. The molecule has 0 saturated heterocycles. The van der Waals surface area contributed by atoms with Crippen molar-refractivity contribution >= 4 is 0 Å². The Labute approximate surface area is 114 Å². The third kappa shape index (κ3) is 2.07. The van der Waals surface area contributed by atoms with Gasteiger partial charge in [-0.2, -0.15) is 0 Å². The summed E-state index contributed by atoms with van der Waals surface area (Å²) in [5.41, 5.74) is 20.0. The summed E-state index contributed by atoms with van der Waals surface area (Å²) in [5.74, 6) is 0. The fourth-order valence-electron chi connectivity index (χ4n) is 3.17. The third-order valence-electron chi connectivity index (χ3n) is 4.01. The summed E-state index contributed by atoms with van der Waals surface area (Å²) in [7, 11) is 0. The zero-order chi connectivity index (χ0) is 13.2. The quantitative estimate of drug-likeness (QED) is 0.748. The van der Waals surface area contributed by atoms with Crippen molar-refractivity contribution in [1.29, 1.82) is 0 Å². The molecule has 98 valence electrons. The average Bonchev–Trinajstić information content (AvgIpc) is 2.81. The first kappa shape index (κ1) is 12.4. The number of fused-ring (bicyclic) bond motifs is 3. The van der Waals surface area contributed by atoms with E-state index in [0.29, 0.717) is 13.1 Å². The normalized spacial score (nSPS) is 12.3. The number of rotatable bonds is 4. The van der Waals surface area contributed by atoms with Crippen LogP contribution in [0.1, 0.15) is 22.3 Å². The molecule has 19 heavy (non-hydrogen) atoms. The van der Waals surface area contributed by atoms with E-state index in [-0.39, 0.29) is 0 Å². The van der Waals surface area contributed by atoms with Crippen LogP contribution in [0.5, 0.6) is 0 Å². The van der Waals surface area contributed by atoms with Crippen molar-refractivity contribution in [1.82, 2.24) is 0 Å². The van der Waals surface area contributed by atoms with E-state index in [2.05, 4.69) is 36.4 Å². The van der Waals surface area contributed by atoms with Gasteiger partial charge in [0.15, 0.2) is 0 Å². The average molecular weight is 252 g/mol. The fourth-order valence-corrected chi connectivity index (χ4v) is 3.17. The predicted octanol–water partition coefficient (Wildman–Crippen LogP) is 2.26. The molecule has 0 heterocycles.